The van der Waals surface area contributed by atoms with Gasteiger partial charge >= 0.3 is 0 Å². The molecule has 0 fully saturated rings. The molecule has 1 nitrogen and oxygen atoms in total. The second-order valence-electron chi connectivity index (χ2n) is 3.30. The van der Waals surface area contributed by atoms with Gasteiger partial charge in [0.15, 0.2) is 0 Å². The van der Waals surface area contributed by atoms with Crippen LogP contribution in [0.25, 0.3) is 11.1 Å². The molecule has 2 rings (SSSR count). The van der Waals surface area contributed by atoms with Crippen LogP contribution in [0.1, 0.15) is 5.69 Å². The summed E-state index contributed by atoms with van der Waals surface area (Å²) in [7, 11) is 0. The second-order valence-corrected chi connectivity index (χ2v) is 3.86. The van der Waals surface area contributed by atoms with Crippen LogP contribution in [-0.4, -0.2) is 4.98 Å². The number of halogens is 3. The molecule has 2 aromatic rings. The molecule has 4 heteroatoms. The van der Waals surface area contributed by atoms with Gasteiger partial charge < -0.3 is 0 Å². The highest BCUT2D eigenvalue weighted by atomic mass is 79.9. The zero-order valence-electron chi connectivity index (χ0n) is 8.25. The van der Waals surface area contributed by atoms with E-state index in [0.717, 1.165) is 0 Å². The smallest absolute Gasteiger partial charge is 0.146 e. The van der Waals surface area contributed by atoms with E-state index in [9.17, 15) is 8.78 Å². The molecule has 0 aliphatic rings. The predicted octanol–water partition coefficient (Wildman–Crippen LogP) is 3.92. The summed E-state index contributed by atoms with van der Waals surface area (Å²) < 4.78 is 26.4. The van der Waals surface area contributed by atoms with Crippen LogP contribution >= 0.6 is 15.9 Å². The Balaban J connectivity index is 2.45. The molecular formula is C12H8BrF2N. The maximum absolute atomic E-state index is 13.5. The van der Waals surface area contributed by atoms with Crippen LogP contribution in [0, 0.1) is 11.6 Å². The maximum atomic E-state index is 13.5. The fourth-order valence-electron chi connectivity index (χ4n) is 1.39. The lowest BCUT2D eigenvalue weighted by atomic mass is 10.1. The summed E-state index contributed by atoms with van der Waals surface area (Å²) >= 11 is 3.14. The summed E-state index contributed by atoms with van der Waals surface area (Å²) in [5.41, 5.74) is 1.54. The Morgan fingerprint density at radius 2 is 1.94 bits per heavy atom. The first kappa shape index (κ1) is 11.2. The minimum Gasteiger partial charge on any atom is -0.257 e. The van der Waals surface area contributed by atoms with Crippen molar-refractivity contribution in [3.05, 3.63) is 53.9 Å². The molecule has 1 heterocycles. The maximum Gasteiger partial charge on any atom is 0.146 e. The highest BCUT2D eigenvalue weighted by Gasteiger charge is 2.06. The van der Waals surface area contributed by atoms with Crippen LogP contribution in [0.4, 0.5) is 8.78 Å². The molecule has 0 unspecified atom stereocenters. The van der Waals surface area contributed by atoms with Crippen molar-refractivity contribution in [1.29, 1.82) is 0 Å². The fraction of sp³-hybridized carbons (Fsp3) is 0.0833. The minimum absolute atomic E-state index is 0.345. The van der Waals surface area contributed by atoms with E-state index in [4.69, 9.17) is 0 Å². The molecular weight excluding hydrogens is 276 g/mol. The standard InChI is InChI=1S/C12H8BrF2N/c13-6-12-11(15)5-9(7-16-12)8-2-1-3-10(14)4-8/h1-5,7H,6H2. The number of alkyl halides is 1. The zero-order valence-corrected chi connectivity index (χ0v) is 9.84. The van der Waals surface area contributed by atoms with E-state index in [2.05, 4.69) is 20.9 Å². The molecule has 0 aliphatic carbocycles. The topological polar surface area (TPSA) is 12.9 Å². The van der Waals surface area contributed by atoms with Gasteiger partial charge in [-0.3, -0.25) is 4.98 Å². The first-order valence-corrected chi connectivity index (χ1v) is 5.79. The third-order valence-electron chi connectivity index (χ3n) is 2.20. The van der Waals surface area contributed by atoms with Crippen LogP contribution in [0.3, 0.4) is 0 Å². The van der Waals surface area contributed by atoms with Gasteiger partial charge in [0.25, 0.3) is 0 Å². The first-order valence-electron chi connectivity index (χ1n) is 4.67. The third-order valence-corrected chi connectivity index (χ3v) is 2.73. The summed E-state index contributed by atoms with van der Waals surface area (Å²) in [5.74, 6) is -0.735. The van der Waals surface area contributed by atoms with Crippen molar-refractivity contribution in [2.24, 2.45) is 0 Å². The zero-order chi connectivity index (χ0) is 11.5. The molecule has 1 aromatic carbocycles. The summed E-state index contributed by atoms with van der Waals surface area (Å²) in [5, 5.41) is 0.363. The van der Waals surface area contributed by atoms with Crippen LogP contribution < -0.4 is 0 Å². The van der Waals surface area contributed by atoms with Gasteiger partial charge in [-0.2, -0.15) is 0 Å². The van der Waals surface area contributed by atoms with E-state index in [-0.39, 0.29) is 5.82 Å². The number of rotatable bonds is 2. The molecule has 16 heavy (non-hydrogen) atoms. The predicted molar refractivity (Wildman–Crippen MR) is 62.2 cm³/mol. The van der Waals surface area contributed by atoms with Gasteiger partial charge in [0.05, 0.1) is 5.69 Å². The quantitative estimate of drug-likeness (QED) is 0.762. The van der Waals surface area contributed by atoms with Gasteiger partial charge in [-0.25, -0.2) is 8.78 Å². The lowest BCUT2D eigenvalue weighted by Crippen LogP contribution is -1.92. The number of nitrogens with zero attached hydrogens (tertiary/aromatic N) is 1. The molecule has 82 valence electrons. The Bertz CT molecular complexity index is 514. The molecule has 0 atom stereocenters. The van der Waals surface area contributed by atoms with Gasteiger partial charge in [-0.1, -0.05) is 28.1 Å². The first-order chi connectivity index (χ1) is 7.70. The van der Waals surface area contributed by atoms with Crippen molar-refractivity contribution < 1.29 is 8.78 Å². The lowest BCUT2D eigenvalue weighted by Gasteiger charge is -2.03. The van der Waals surface area contributed by atoms with Crippen LogP contribution in [0.15, 0.2) is 36.5 Å². The molecule has 0 bridgehead atoms. The fourth-order valence-corrected chi connectivity index (χ4v) is 1.80. The van der Waals surface area contributed by atoms with E-state index >= 15 is 0 Å². The van der Waals surface area contributed by atoms with Crippen molar-refractivity contribution in [2.45, 2.75) is 5.33 Å². The van der Waals surface area contributed by atoms with Crippen LogP contribution in [-0.2, 0) is 5.33 Å². The molecule has 0 N–H and O–H groups in total. The van der Waals surface area contributed by atoms with Gasteiger partial charge in [0.2, 0.25) is 0 Å². The average molecular weight is 284 g/mol. The SMILES string of the molecule is Fc1cccc(-c2cnc(CBr)c(F)c2)c1. The van der Waals surface area contributed by atoms with Crippen LogP contribution in [0.5, 0.6) is 0 Å². The molecule has 0 amide bonds. The Morgan fingerprint density at radius 3 is 2.56 bits per heavy atom. The number of hydrogen-bond acceptors (Lipinski definition) is 1. The third kappa shape index (κ3) is 2.27. The number of benzene rings is 1. The van der Waals surface area contributed by atoms with E-state index in [1.807, 2.05) is 0 Å². The van der Waals surface area contributed by atoms with Crippen LogP contribution in [0.2, 0.25) is 0 Å². The highest BCUT2D eigenvalue weighted by molar-refractivity contribution is 9.08. The molecule has 0 saturated heterocycles. The van der Waals surface area contributed by atoms with Gasteiger partial charge in [-0.15, -0.1) is 0 Å². The van der Waals surface area contributed by atoms with Gasteiger partial charge in [0, 0.05) is 17.1 Å². The molecule has 0 radical (unpaired) electrons. The highest BCUT2D eigenvalue weighted by Crippen LogP contribution is 2.21. The minimum atomic E-state index is -0.390. The lowest BCUT2D eigenvalue weighted by molar-refractivity contribution is 0.609. The van der Waals surface area contributed by atoms with Crippen molar-refractivity contribution in [3.63, 3.8) is 0 Å². The second kappa shape index (κ2) is 4.70. The summed E-state index contributed by atoms with van der Waals surface area (Å²) in [6.07, 6.45) is 1.54. The summed E-state index contributed by atoms with van der Waals surface area (Å²) in [4.78, 5) is 3.96. The van der Waals surface area contributed by atoms with Crippen molar-refractivity contribution in [3.8, 4) is 11.1 Å². The largest absolute Gasteiger partial charge is 0.257 e. The van der Waals surface area contributed by atoms with Gasteiger partial charge in [0.1, 0.15) is 11.6 Å². The van der Waals surface area contributed by atoms with E-state index in [1.165, 1.54) is 24.4 Å². The Hall–Kier alpha value is -1.29. The summed E-state index contributed by atoms with van der Waals surface area (Å²) in [6.45, 7) is 0. The van der Waals surface area contributed by atoms with Crippen molar-refractivity contribution in [1.82, 2.24) is 4.98 Å². The van der Waals surface area contributed by atoms with E-state index in [1.54, 1.807) is 12.1 Å². The Kier molecular flexibility index (Phi) is 3.29. The average Bonchev–Trinajstić information content (AvgIpc) is 2.29. The molecule has 0 aliphatic heterocycles. The van der Waals surface area contributed by atoms with Crippen molar-refractivity contribution in [2.75, 3.05) is 0 Å². The monoisotopic (exact) mass is 283 g/mol. The Morgan fingerprint density at radius 1 is 1.12 bits per heavy atom. The van der Waals surface area contributed by atoms with E-state index in [0.29, 0.717) is 22.2 Å². The normalized spacial score (nSPS) is 10.4. The van der Waals surface area contributed by atoms with E-state index < -0.39 is 5.82 Å². The molecule has 0 spiro atoms. The molecule has 1 aromatic heterocycles. The number of hydrogen-bond donors (Lipinski definition) is 0. The Labute approximate surface area is 100 Å². The van der Waals surface area contributed by atoms with Gasteiger partial charge in [-0.05, 0) is 23.8 Å². The molecule has 0 saturated carbocycles. The van der Waals surface area contributed by atoms with Crippen molar-refractivity contribution >= 4 is 15.9 Å². The number of pyridine rings is 1. The number of aromatic nitrogens is 1. The summed E-state index contributed by atoms with van der Waals surface area (Å²) in [6, 6.07) is 7.36.